The summed E-state index contributed by atoms with van der Waals surface area (Å²) in [6.45, 7) is 1.55. The van der Waals surface area contributed by atoms with Crippen LogP contribution in [0.15, 0.2) is 45.7 Å². The molecule has 0 bridgehead atoms. The second-order valence-corrected chi connectivity index (χ2v) is 8.49. The number of nitrogens with zero attached hydrogens (tertiary/aromatic N) is 2. The maximum absolute atomic E-state index is 12.4. The number of aromatic nitrogens is 2. The van der Waals surface area contributed by atoms with Crippen LogP contribution < -0.4 is 19.5 Å². The number of methoxy groups -OCH3 is 3. The summed E-state index contributed by atoms with van der Waals surface area (Å²) >= 11 is 0. The van der Waals surface area contributed by atoms with Gasteiger partial charge in [0.2, 0.25) is 11.6 Å². The van der Waals surface area contributed by atoms with Gasteiger partial charge < -0.3 is 18.6 Å². The number of nitrogens with one attached hydrogen (secondary N) is 1. The van der Waals surface area contributed by atoms with E-state index in [2.05, 4.69) is 15.5 Å². The lowest BCUT2D eigenvalue weighted by atomic mass is 10.2. The fourth-order valence-corrected chi connectivity index (χ4v) is 3.63. The summed E-state index contributed by atoms with van der Waals surface area (Å²) in [6, 6.07) is 8.72. The van der Waals surface area contributed by atoms with Gasteiger partial charge in [0.05, 0.1) is 32.0 Å². The number of hydrogen-bond donors (Lipinski definition) is 1. The van der Waals surface area contributed by atoms with Crippen LogP contribution in [0.1, 0.15) is 17.3 Å². The van der Waals surface area contributed by atoms with Crippen molar-refractivity contribution in [3.8, 4) is 28.7 Å². The number of carbonyl (C=O) groups is 1. The average molecular weight is 447 g/mol. The summed E-state index contributed by atoms with van der Waals surface area (Å²) in [5, 5.41) is 10.2. The largest absolute Gasteiger partial charge is 0.493 e. The monoisotopic (exact) mass is 447 g/mol. The Labute approximate surface area is 179 Å². The smallest absolute Gasteiger partial charge is 0.322 e. The average Bonchev–Trinajstić information content (AvgIpc) is 3.26. The Bertz CT molecular complexity index is 1160. The Morgan fingerprint density at radius 1 is 1.00 bits per heavy atom. The highest BCUT2D eigenvalue weighted by atomic mass is 32.2. The van der Waals surface area contributed by atoms with Gasteiger partial charge in [-0.25, -0.2) is 8.42 Å². The molecule has 0 atom stereocenters. The summed E-state index contributed by atoms with van der Waals surface area (Å²) in [4.78, 5) is 12.6. The number of anilines is 1. The van der Waals surface area contributed by atoms with E-state index < -0.39 is 15.7 Å². The van der Waals surface area contributed by atoms with E-state index in [9.17, 15) is 13.2 Å². The zero-order valence-electron chi connectivity index (χ0n) is 17.3. The first-order valence-electron chi connectivity index (χ1n) is 9.11. The molecule has 1 amide bonds. The molecule has 0 saturated carbocycles. The molecular formula is C20H21N3O7S. The summed E-state index contributed by atoms with van der Waals surface area (Å²) < 4.78 is 45.2. The predicted molar refractivity (Wildman–Crippen MR) is 112 cm³/mol. The molecule has 0 aliphatic rings. The molecule has 0 aliphatic carbocycles. The van der Waals surface area contributed by atoms with Gasteiger partial charge >= 0.3 is 6.01 Å². The van der Waals surface area contributed by atoms with E-state index in [1.54, 1.807) is 19.1 Å². The van der Waals surface area contributed by atoms with Gasteiger partial charge in [-0.05, 0) is 36.4 Å². The fourth-order valence-electron chi connectivity index (χ4n) is 2.74. The van der Waals surface area contributed by atoms with Crippen LogP contribution in [-0.4, -0.2) is 51.6 Å². The zero-order valence-corrected chi connectivity index (χ0v) is 18.1. The van der Waals surface area contributed by atoms with Gasteiger partial charge in [-0.15, -0.1) is 5.10 Å². The van der Waals surface area contributed by atoms with E-state index in [-0.39, 0.29) is 28.1 Å². The van der Waals surface area contributed by atoms with Crippen molar-refractivity contribution in [1.29, 1.82) is 0 Å². The van der Waals surface area contributed by atoms with Gasteiger partial charge in [-0.2, -0.15) is 0 Å². The minimum atomic E-state index is -3.35. The summed E-state index contributed by atoms with van der Waals surface area (Å²) in [6.07, 6.45) is 0. The first kappa shape index (κ1) is 22.1. The Kier molecular flexibility index (Phi) is 6.44. The second-order valence-electron chi connectivity index (χ2n) is 6.21. The lowest BCUT2D eigenvalue weighted by Gasteiger charge is -2.12. The van der Waals surface area contributed by atoms with Crippen LogP contribution in [0.2, 0.25) is 0 Å². The molecule has 3 aromatic rings. The third-order valence-corrected chi connectivity index (χ3v) is 6.16. The van der Waals surface area contributed by atoms with Crippen LogP contribution in [0.4, 0.5) is 6.01 Å². The number of benzene rings is 2. The molecule has 3 rings (SSSR count). The third kappa shape index (κ3) is 4.61. The Morgan fingerprint density at radius 3 is 2.13 bits per heavy atom. The molecule has 0 aliphatic heterocycles. The Morgan fingerprint density at radius 2 is 1.61 bits per heavy atom. The minimum Gasteiger partial charge on any atom is -0.493 e. The second kappa shape index (κ2) is 9.04. The Balaban J connectivity index is 1.81. The summed E-state index contributed by atoms with van der Waals surface area (Å²) in [5.74, 6) is 0.796. The van der Waals surface area contributed by atoms with Crippen molar-refractivity contribution in [3.63, 3.8) is 0 Å². The van der Waals surface area contributed by atoms with Crippen LogP contribution in [0, 0.1) is 0 Å². The van der Waals surface area contributed by atoms with E-state index in [1.165, 1.54) is 45.6 Å². The van der Waals surface area contributed by atoms with Crippen molar-refractivity contribution in [2.75, 3.05) is 32.4 Å². The third-order valence-electron chi connectivity index (χ3n) is 4.41. The van der Waals surface area contributed by atoms with Gasteiger partial charge in [0.1, 0.15) is 0 Å². The number of sulfone groups is 1. The van der Waals surface area contributed by atoms with Crippen molar-refractivity contribution in [1.82, 2.24) is 10.2 Å². The number of ether oxygens (including phenoxy) is 3. The fraction of sp³-hybridized carbons (Fsp3) is 0.250. The van der Waals surface area contributed by atoms with Crippen molar-refractivity contribution in [3.05, 3.63) is 42.0 Å². The topological polar surface area (TPSA) is 130 Å². The molecule has 2 aromatic carbocycles. The molecule has 0 spiro atoms. The van der Waals surface area contributed by atoms with Crippen molar-refractivity contribution >= 4 is 21.8 Å². The quantitative estimate of drug-likeness (QED) is 0.554. The summed E-state index contributed by atoms with van der Waals surface area (Å²) in [7, 11) is 1.11. The molecule has 0 saturated heterocycles. The van der Waals surface area contributed by atoms with Gasteiger partial charge in [0.25, 0.3) is 5.91 Å². The maximum Gasteiger partial charge on any atom is 0.322 e. The molecule has 1 aromatic heterocycles. The van der Waals surface area contributed by atoms with Crippen molar-refractivity contribution < 1.29 is 31.8 Å². The molecule has 1 heterocycles. The predicted octanol–water partition coefficient (Wildman–Crippen LogP) is 2.81. The van der Waals surface area contributed by atoms with Gasteiger partial charge in [-0.3, -0.25) is 10.1 Å². The molecule has 164 valence electrons. The van der Waals surface area contributed by atoms with Crippen LogP contribution in [0.25, 0.3) is 11.5 Å². The lowest BCUT2D eigenvalue weighted by Crippen LogP contribution is -2.12. The molecule has 0 fully saturated rings. The van der Waals surface area contributed by atoms with Crippen LogP contribution >= 0.6 is 0 Å². The maximum atomic E-state index is 12.4. The van der Waals surface area contributed by atoms with E-state index in [1.807, 2.05) is 0 Å². The molecule has 0 unspecified atom stereocenters. The molecule has 11 heteroatoms. The first-order valence-corrected chi connectivity index (χ1v) is 10.8. The van der Waals surface area contributed by atoms with Crippen LogP contribution in [0.3, 0.4) is 0 Å². The van der Waals surface area contributed by atoms with Crippen LogP contribution in [-0.2, 0) is 9.84 Å². The minimum absolute atomic E-state index is 0.0236. The summed E-state index contributed by atoms with van der Waals surface area (Å²) in [5.41, 5.74) is 0.735. The molecular weight excluding hydrogens is 426 g/mol. The number of carbonyl (C=O) groups excluding carboxylic acids is 1. The first-order chi connectivity index (χ1) is 14.8. The number of hydrogen-bond acceptors (Lipinski definition) is 9. The van der Waals surface area contributed by atoms with E-state index in [0.29, 0.717) is 22.8 Å². The van der Waals surface area contributed by atoms with E-state index in [0.717, 1.165) is 0 Å². The van der Waals surface area contributed by atoms with Crippen LogP contribution in [0.5, 0.6) is 17.2 Å². The highest BCUT2D eigenvalue weighted by Gasteiger charge is 2.19. The zero-order chi connectivity index (χ0) is 22.6. The lowest BCUT2D eigenvalue weighted by molar-refractivity contribution is 0.102. The standard InChI is InChI=1S/C20H21N3O7S/c1-5-31(25,26)14-8-6-12(7-9-14)18(24)21-20-23-22-19(30-20)13-10-15(27-2)17(29-4)16(11-13)28-3/h6-11H,5H2,1-4H3,(H,21,23,24). The molecule has 31 heavy (non-hydrogen) atoms. The number of amides is 1. The van der Waals surface area contributed by atoms with E-state index in [4.69, 9.17) is 18.6 Å². The highest BCUT2D eigenvalue weighted by Crippen LogP contribution is 2.41. The van der Waals surface area contributed by atoms with Gasteiger partial charge in [-0.1, -0.05) is 12.0 Å². The SMILES string of the molecule is CCS(=O)(=O)c1ccc(C(=O)Nc2nnc(-c3cc(OC)c(OC)c(OC)c3)o2)cc1. The van der Waals surface area contributed by atoms with Gasteiger partial charge in [0.15, 0.2) is 21.3 Å². The molecule has 0 radical (unpaired) electrons. The molecule has 1 N–H and O–H groups in total. The highest BCUT2D eigenvalue weighted by molar-refractivity contribution is 7.91. The Hall–Kier alpha value is -3.60. The van der Waals surface area contributed by atoms with Gasteiger partial charge in [0, 0.05) is 11.1 Å². The molecule has 10 nitrogen and oxygen atoms in total. The van der Waals surface area contributed by atoms with Crippen molar-refractivity contribution in [2.24, 2.45) is 0 Å². The van der Waals surface area contributed by atoms with E-state index >= 15 is 0 Å². The number of rotatable bonds is 8. The normalized spacial score (nSPS) is 11.1. The van der Waals surface area contributed by atoms with Crippen molar-refractivity contribution in [2.45, 2.75) is 11.8 Å².